The molecule has 0 fully saturated rings. The number of amides is 1. The molecule has 2 aromatic carbocycles. The van der Waals surface area contributed by atoms with Gasteiger partial charge in [-0.2, -0.15) is 0 Å². The van der Waals surface area contributed by atoms with Gasteiger partial charge in [0.2, 0.25) is 5.91 Å². The second-order valence-electron chi connectivity index (χ2n) is 5.74. The van der Waals surface area contributed by atoms with E-state index in [0.29, 0.717) is 5.02 Å². The Labute approximate surface area is 152 Å². The van der Waals surface area contributed by atoms with E-state index in [9.17, 15) is 9.59 Å². The lowest BCUT2D eigenvalue weighted by Crippen LogP contribution is -2.43. The number of benzene rings is 2. The van der Waals surface area contributed by atoms with Crippen molar-refractivity contribution in [2.75, 3.05) is 0 Å². The third-order valence-electron chi connectivity index (χ3n) is 3.69. The van der Waals surface area contributed by atoms with Crippen molar-refractivity contribution in [3.8, 4) is 0 Å². The number of nitrogens with one attached hydrogen (secondary N) is 1. The first kappa shape index (κ1) is 19.0. The number of ether oxygens (including phenoxy) is 1. The molecule has 0 heterocycles. The van der Waals surface area contributed by atoms with E-state index in [4.69, 9.17) is 22.1 Å². The molecule has 0 saturated heterocycles. The molecule has 0 radical (unpaired) electrons. The van der Waals surface area contributed by atoms with Crippen molar-refractivity contribution in [1.29, 1.82) is 0 Å². The molecule has 0 aliphatic carbocycles. The van der Waals surface area contributed by atoms with Gasteiger partial charge >= 0.3 is 5.97 Å². The number of hydrogen-bond donors (Lipinski definition) is 2. The van der Waals surface area contributed by atoms with Crippen molar-refractivity contribution < 1.29 is 14.3 Å². The SMILES string of the molecule is CC(NC(=O)[C@@H](N)CC(=O)OCc1ccccc1)c1ccc(Cl)cc1. The Morgan fingerprint density at radius 2 is 1.76 bits per heavy atom. The van der Waals surface area contributed by atoms with E-state index in [-0.39, 0.29) is 19.1 Å². The Morgan fingerprint density at radius 3 is 2.40 bits per heavy atom. The lowest BCUT2D eigenvalue weighted by molar-refractivity contribution is -0.146. The zero-order chi connectivity index (χ0) is 18.2. The van der Waals surface area contributed by atoms with Crippen LogP contribution in [-0.2, 0) is 20.9 Å². The first-order valence-electron chi connectivity index (χ1n) is 7.96. The fourth-order valence-corrected chi connectivity index (χ4v) is 2.35. The summed E-state index contributed by atoms with van der Waals surface area (Å²) in [6, 6.07) is 15.3. The highest BCUT2D eigenvalue weighted by molar-refractivity contribution is 6.30. The van der Waals surface area contributed by atoms with Crippen LogP contribution in [0.25, 0.3) is 0 Å². The maximum atomic E-state index is 12.1. The normalized spacial score (nSPS) is 12.9. The Kier molecular flexibility index (Phi) is 6.98. The number of esters is 1. The van der Waals surface area contributed by atoms with Gasteiger partial charge in [0.05, 0.1) is 18.5 Å². The summed E-state index contributed by atoms with van der Waals surface area (Å²) in [5.74, 6) is -0.912. The van der Waals surface area contributed by atoms with Gasteiger partial charge in [0.25, 0.3) is 0 Å². The van der Waals surface area contributed by atoms with Crippen molar-refractivity contribution in [2.24, 2.45) is 5.73 Å². The number of nitrogens with two attached hydrogens (primary N) is 1. The van der Waals surface area contributed by atoms with Crippen LogP contribution in [0.3, 0.4) is 0 Å². The van der Waals surface area contributed by atoms with Gasteiger partial charge in [-0.15, -0.1) is 0 Å². The average Bonchev–Trinajstić information content (AvgIpc) is 2.61. The van der Waals surface area contributed by atoms with Crippen LogP contribution in [0.1, 0.15) is 30.5 Å². The number of halogens is 1. The van der Waals surface area contributed by atoms with Crippen molar-refractivity contribution in [3.05, 3.63) is 70.7 Å². The molecule has 6 heteroatoms. The second kappa shape index (κ2) is 9.20. The number of carbonyl (C=O) groups is 2. The van der Waals surface area contributed by atoms with E-state index in [2.05, 4.69) is 5.32 Å². The standard InChI is InChI=1S/C19H21ClN2O3/c1-13(15-7-9-16(20)10-8-15)22-19(24)17(21)11-18(23)25-12-14-5-3-2-4-6-14/h2-10,13,17H,11-12,21H2,1H3,(H,22,24)/t13?,17-/m0/s1. The molecule has 1 unspecified atom stereocenters. The van der Waals surface area contributed by atoms with Crippen LogP contribution in [0.4, 0.5) is 0 Å². The summed E-state index contributed by atoms with van der Waals surface area (Å²) in [6.07, 6.45) is -0.175. The third kappa shape index (κ3) is 6.21. The lowest BCUT2D eigenvalue weighted by Gasteiger charge is -2.17. The number of hydrogen-bond acceptors (Lipinski definition) is 4. The van der Waals surface area contributed by atoms with Crippen molar-refractivity contribution in [3.63, 3.8) is 0 Å². The summed E-state index contributed by atoms with van der Waals surface area (Å²) < 4.78 is 5.14. The van der Waals surface area contributed by atoms with Crippen LogP contribution >= 0.6 is 11.6 Å². The predicted octanol–water partition coefficient (Wildman–Crippen LogP) is 2.98. The van der Waals surface area contributed by atoms with Crippen LogP contribution in [0, 0.1) is 0 Å². The van der Waals surface area contributed by atoms with E-state index in [1.807, 2.05) is 49.4 Å². The van der Waals surface area contributed by atoms with E-state index < -0.39 is 17.9 Å². The number of carbonyl (C=O) groups excluding carboxylic acids is 2. The first-order chi connectivity index (χ1) is 12.0. The average molecular weight is 361 g/mol. The summed E-state index contributed by atoms with van der Waals surface area (Å²) in [4.78, 5) is 24.0. The number of rotatable bonds is 7. The minimum Gasteiger partial charge on any atom is -0.461 e. The van der Waals surface area contributed by atoms with Gasteiger partial charge in [-0.05, 0) is 30.2 Å². The maximum absolute atomic E-state index is 12.1. The molecule has 0 bridgehead atoms. The highest BCUT2D eigenvalue weighted by atomic mass is 35.5. The molecular weight excluding hydrogens is 340 g/mol. The van der Waals surface area contributed by atoms with Gasteiger partial charge in [-0.1, -0.05) is 54.1 Å². The smallest absolute Gasteiger partial charge is 0.308 e. The molecule has 0 aliphatic heterocycles. The van der Waals surface area contributed by atoms with Crippen molar-refractivity contribution in [1.82, 2.24) is 5.32 Å². The summed E-state index contributed by atoms with van der Waals surface area (Å²) >= 11 is 5.85. The molecule has 0 spiro atoms. The van der Waals surface area contributed by atoms with Crippen LogP contribution in [-0.4, -0.2) is 17.9 Å². The third-order valence-corrected chi connectivity index (χ3v) is 3.95. The minimum absolute atomic E-state index is 0.162. The van der Waals surface area contributed by atoms with Gasteiger partial charge in [-0.25, -0.2) is 0 Å². The summed E-state index contributed by atoms with van der Waals surface area (Å²) in [5, 5.41) is 3.40. The molecule has 2 rings (SSSR count). The van der Waals surface area contributed by atoms with Crippen LogP contribution < -0.4 is 11.1 Å². The molecule has 0 aromatic heterocycles. The summed E-state index contributed by atoms with van der Waals surface area (Å²) in [7, 11) is 0. The highest BCUT2D eigenvalue weighted by Gasteiger charge is 2.20. The molecule has 2 aromatic rings. The van der Waals surface area contributed by atoms with Gasteiger partial charge in [0.1, 0.15) is 6.61 Å². The van der Waals surface area contributed by atoms with Crippen molar-refractivity contribution >= 4 is 23.5 Å². The summed E-state index contributed by atoms with van der Waals surface area (Å²) in [5.41, 5.74) is 7.58. The second-order valence-corrected chi connectivity index (χ2v) is 6.18. The molecule has 0 saturated carbocycles. The fraction of sp³-hybridized carbons (Fsp3) is 0.263. The lowest BCUT2D eigenvalue weighted by atomic mass is 10.1. The van der Waals surface area contributed by atoms with Gasteiger partial charge in [0, 0.05) is 5.02 Å². The Hall–Kier alpha value is -2.37. The Morgan fingerprint density at radius 1 is 1.12 bits per heavy atom. The topological polar surface area (TPSA) is 81.4 Å². The van der Waals surface area contributed by atoms with Crippen molar-refractivity contribution in [2.45, 2.75) is 32.0 Å². The molecule has 5 nitrogen and oxygen atoms in total. The molecule has 0 aliphatic rings. The molecule has 3 N–H and O–H groups in total. The van der Waals surface area contributed by atoms with E-state index >= 15 is 0 Å². The zero-order valence-electron chi connectivity index (χ0n) is 13.9. The van der Waals surface area contributed by atoms with Gasteiger partial charge in [-0.3, -0.25) is 9.59 Å². The minimum atomic E-state index is -0.960. The Bertz CT molecular complexity index is 704. The first-order valence-corrected chi connectivity index (χ1v) is 8.34. The molecule has 25 heavy (non-hydrogen) atoms. The van der Waals surface area contributed by atoms with Gasteiger partial charge in [0.15, 0.2) is 0 Å². The molecule has 2 atom stereocenters. The largest absolute Gasteiger partial charge is 0.461 e. The van der Waals surface area contributed by atoms with E-state index in [0.717, 1.165) is 11.1 Å². The quantitative estimate of drug-likeness (QED) is 0.744. The van der Waals surface area contributed by atoms with Crippen LogP contribution in [0.15, 0.2) is 54.6 Å². The molecular formula is C19H21ClN2O3. The van der Waals surface area contributed by atoms with E-state index in [1.54, 1.807) is 12.1 Å². The molecule has 132 valence electrons. The van der Waals surface area contributed by atoms with Gasteiger partial charge < -0.3 is 15.8 Å². The predicted molar refractivity (Wildman–Crippen MR) is 96.8 cm³/mol. The monoisotopic (exact) mass is 360 g/mol. The van der Waals surface area contributed by atoms with Crippen LogP contribution in [0.2, 0.25) is 5.02 Å². The van der Waals surface area contributed by atoms with Crippen LogP contribution in [0.5, 0.6) is 0 Å². The maximum Gasteiger partial charge on any atom is 0.308 e. The Balaban J connectivity index is 1.79. The summed E-state index contributed by atoms with van der Waals surface area (Å²) in [6.45, 7) is 2.00. The molecule has 1 amide bonds. The highest BCUT2D eigenvalue weighted by Crippen LogP contribution is 2.16. The van der Waals surface area contributed by atoms with E-state index in [1.165, 1.54) is 0 Å². The fourth-order valence-electron chi connectivity index (χ4n) is 2.22. The zero-order valence-corrected chi connectivity index (χ0v) is 14.7.